The summed E-state index contributed by atoms with van der Waals surface area (Å²) in [5.74, 6) is 0. The summed E-state index contributed by atoms with van der Waals surface area (Å²) in [6.45, 7) is 3.48. The molecule has 0 spiro atoms. The first kappa shape index (κ1) is 12.5. The molecule has 1 saturated heterocycles. The van der Waals surface area contributed by atoms with E-state index < -0.39 is 0 Å². The minimum absolute atomic E-state index is 0.604. The lowest BCUT2D eigenvalue weighted by molar-refractivity contribution is 0.387. The molecular weight excluding hydrogens is 232 g/mol. The van der Waals surface area contributed by atoms with E-state index in [1.54, 1.807) is 0 Å². The van der Waals surface area contributed by atoms with Crippen LogP contribution < -0.4 is 10.2 Å². The van der Waals surface area contributed by atoms with Gasteiger partial charge in [0.25, 0.3) is 0 Å². The average Bonchev–Trinajstić information content (AvgIpc) is 2.46. The molecule has 1 aliphatic rings. The van der Waals surface area contributed by atoms with Gasteiger partial charge < -0.3 is 10.2 Å². The number of benzene rings is 2. The van der Waals surface area contributed by atoms with E-state index in [1.807, 2.05) is 0 Å². The molecule has 2 atom stereocenters. The van der Waals surface area contributed by atoms with Gasteiger partial charge in [-0.1, -0.05) is 30.3 Å². The van der Waals surface area contributed by atoms with Gasteiger partial charge in [0.1, 0.15) is 0 Å². The Morgan fingerprint density at radius 3 is 2.63 bits per heavy atom. The smallest absolute Gasteiger partial charge is 0.0375 e. The quantitative estimate of drug-likeness (QED) is 0.883. The van der Waals surface area contributed by atoms with Crippen molar-refractivity contribution in [2.45, 2.75) is 31.8 Å². The molecule has 1 N–H and O–H groups in total. The Labute approximate surface area is 115 Å². The minimum Gasteiger partial charge on any atom is -0.369 e. The van der Waals surface area contributed by atoms with Crippen molar-refractivity contribution in [2.24, 2.45) is 0 Å². The first-order chi connectivity index (χ1) is 9.28. The summed E-state index contributed by atoms with van der Waals surface area (Å²) >= 11 is 0. The molecule has 2 aromatic carbocycles. The lowest BCUT2D eigenvalue weighted by Gasteiger charge is -2.39. The van der Waals surface area contributed by atoms with E-state index in [4.69, 9.17) is 0 Å². The van der Waals surface area contributed by atoms with Crippen LogP contribution in [0, 0.1) is 0 Å². The molecule has 2 heteroatoms. The third kappa shape index (κ3) is 2.45. The van der Waals surface area contributed by atoms with E-state index in [-0.39, 0.29) is 0 Å². The number of hydrogen-bond acceptors (Lipinski definition) is 2. The molecule has 0 aromatic heterocycles. The van der Waals surface area contributed by atoms with Crippen molar-refractivity contribution in [3.63, 3.8) is 0 Å². The zero-order valence-corrected chi connectivity index (χ0v) is 11.8. The molecule has 0 aliphatic carbocycles. The fourth-order valence-corrected chi connectivity index (χ4v) is 3.17. The Balaban J connectivity index is 1.87. The predicted molar refractivity (Wildman–Crippen MR) is 82.8 cm³/mol. The van der Waals surface area contributed by atoms with Crippen LogP contribution in [0.1, 0.15) is 19.8 Å². The van der Waals surface area contributed by atoms with Crippen molar-refractivity contribution in [3.05, 3.63) is 42.5 Å². The lowest BCUT2D eigenvalue weighted by Crippen LogP contribution is -2.46. The number of nitrogens with one attached hydrogen (secondary N) is 1. The summed E-state index contributed by atoms with van der Waals surface area (Å²) < 4.78 is 0. The summed E-state index contributed by atoms with van der Waals surface area (Å²) in [7, 11) is 2.07. The van der Waals surface area contributed by atoms with Gasteiger partial charge in [-0.2, -0.15) is 0 Å². The van der Waals surface area contributed by atoms with Gasteiger partial charge in [0.2, 0.25) is 0 Å². The summed E-state index contributed by atoms with van der Waals surface area (Å²) in [6.07, 6.45) is 2.46. The molecule has 0 saturated carbocycles. The lowest BCUT2D eigenvalue weighted by atomic mass is 9.97. The number of nitrogens with zero attached hydrogens (tertiary/aromatic N) is 1. The normalized spacial score (nSPS) is 23.8. The molecule has 2 unspecified atom stereocenters. The number of rotatable bonds is 2. The summed E-state index contributed by atoms with van der Waals surface area (Å²) in [4.78, 5) is 2.54. The number of piperidine rings is 1. The highest BCUT2D eigenvalue weighted by atomic mass is 15.2. The summed E-state index contributed by atoms with van der Waals surface area (Å²) in [5, 5.41) is 6.07. The third-order valence-electron chi connectivity index (χ3n) is 4.35. The number of hydrogen-bond donors (Lipinski definition) is 1. The van der Waals surface area contributed by atoms with Gasteiger partial charge in [0, 0.05) is 24.3 Å². The van der Waals surface area contributed by atoms with Crippen molar-refractivity contribution < 1.29 is 0 Å². The van der Waals surface area contributed by atoms with Crippen LogP contribution in [0.3, 0.4) is 0 Å². The van der Waals surface area contributed by atoms with Gasteiger partial charge >= 0.3 is 0 Å². The van der Waals surface area contributed by atoms with Gasteiger partial charge in [-0.3, -0.25) is 0 Å². The second kappa shape index (κ2) is 5.22. The van der Waals surface area contributed by atoms with Crippen molar-refractivity contribution in [1.29, 1.82) is 0 Å². The van der Waals surface area contributed by atoms with Crippen molar-refractivity contribution in [2.75, 3.05) is 18.5 Å². The third-order valence-corrected chi connectivity index (χ3v) is 4.35. The fraction of sp³-hybridized carbons (Fsp3) is 0.412. The zero-order chi connectivity index (χ0) is 13.2. The van der Waals surface area contributed by atoms with Gasteiger partial charge in [-0.15, -0.1) is 0 Å². The second-order valence-electron chi connectivity index (χ2n) is 5.58. The van der Waals surface area contributed by atoms with Crippen molar-refractivity contribution in [1.82, 2.24) is 5.32 Å². The average molecular weight is 254 g/mol. The van der Waals surface area contributed by atoms with Crippen LogP contribution in [0.15, 0.2) is 42.5 Å². The Morgan fingerprint density at radius 1 is 1.11 bits per heavy atom. The van der Waals surface area contributed by atoms with E-state index >= 15 is 0 Å². The number of fused-ring (bicyclic) bond motifs is 1. The highest BCUT2D eigenvalue weighted by Crippen LogP contribution is 2.27. The zero-order valence-electron chi connectivity index (χ0n) is 11.8. The van der Waals surface area contributed by atoms with Crippen LogP contribution in [-0.4, -0.2) is 25.7 Å². The topological polar surface area (TPSA) is 15.3 Å². The van der Waals surface area contributed by atoms with Crippen LogP contribution in [0.2, 0.25) is 0 Å². The Kier molecular flexibility index (Phi) is 3.43. The molecular formula is C17H22N2. The largest absolute Gasteiger partial charge is 0.369 e. The number of anilines is 1. The standard InChI is InChI=1S/C17H22N2/c1-13-11-16(18-2)9-10-19(13)17-8-7-14-5-3-4-6-15(14)12-17/h3-8,12-13,16,18H,9-11H2,1-2H3. The summed E-state index contributed by atoms with van der Waals surface area (Å²) in [6, 6.07) is 16.7. The molecule has 3 rings (SSSR count). The molecule has 0 bridgehead atoms. The van der Waals surface area contributed by atoms with Crippen LogP contribution in [0.4, 0.5) is 5.69 Å². The van der Waals surface area contributed by atoms with E-state index in [0.29, 0.717) is 12.1 Å². The molecule has 2 aromatic rings. The maximum absolute atomic E-state index is 3.41. The molecule has 1 fully saturated rings. The molecule has 0 radical (unpaired) electrons. The Morgan fingerprint density at radius 2 is 1.89 bits per heavy atom. The van der Waals surface area contributed by atoms with Crippen LogP contribution >= 0.6 is 0 Å². The maximum atomic E-state index is 3.41. The monoisotopic (exact) mass is 254 g/mol. The van der Waals surface area contributed by atoms with Gasteiger partial charge in [0.05, 0.1) is 0 Å². The van der Waals surface area contributed by atoms with Gasteiger partial charge in [-0.05, 0) is 49.7 Å². The SMILES string of the molecule is CNC1CCN(c2ccc3ccccc3c2)C(C)C1. The molecule has 100 valence electrons. The predicted octanol–water partition coefficient (Wildman–Crippen LogP) is 3.42. The van der Waals surface area contributed by atoms with Crippen LogP contribution in [0.25, 0.3) is 10.8 Å². The first-order valence-corrected chi connectivity index (χ1v) is 7.20. The molecule has 2 nitrogen and oxygen atoms in total. The van der Waals surface area contributed by atoms with E-state index in [2.05, 4.69) is 66.7 Å². The van der Waals surface area contributed by atoms with E-state index in [9.17, 15) is 0 Å². The van der Waals surface area contributed by atoms with Crippen molar-refractivity contribution >= 4 is 16.5 Å². The van der Waals surface area contributed by atoms with E-state index in [0.717, 1.165) is 6.54 Å². The maximum Gasteiger partial charge on any atom is 0.0375 e. The van der Waals surface area contributed by atoms with Crippen molar-refractivity contribution in [3.8, 4) is 0 Å². The van der Waals surface area contributed by atoms with Crippen LogP contribution in [-0.2, 0) is 0 Å². The highest BCUT2D eigenvalue weighted by molar-refractivity contribution is 5.85. The Bertz CT molecular complexity index is 564. The second-order valence-corrected chi connectivity index (χ2v) is 5.58. The first-order valence-electron chi connectivity index (χ1n) is 7.20. The summed E-state index contributed by atoms with van der Waals surface area (Å²) in [5.41, 5.74) is 1.36. The molecule has 19 heavy (non-hydrogen) atoms. The molecule has 1 heterocycles. The van der Waals surface area contributed by atoms with Crippen LogP contribution in [0.5, 0.6) is 0 Å². The van der Waals surface area contributed by atoms with E-state index in [1.165, 1.54) is 29.3 Å². The minimum atomic E-state index is 0.604. The fourth-order valence-electron chi connectivity index (χ4n) is 3.17. The molecule has 1 aliphatic heterocycles. The van der Waals surface area contributed by atoms with Gasteiger partial charge in [-0.25, -0.2) is 0 Å². The highest BCUT2D eigenvalue weighted by Gasteiger charge is 2.24. The molecule has 0 amide bonds. The Hall–Kier alpha value is -1.54. The van der Waals surface area contributed by atoms with Gasteiger partial charge in [0.15, 0.2) is 0 Å².